The van der Waals surface area contributed by atoms with E-state index in [2.05, 4.69) is 36.3 Å². The summed E-state index contributed by atoms with van der Waals surface area (Å²) in [6, 6.07) is 0. The van der Waals surface area contributed by atoms with Crippen LogP contribution in [0.25, 0.3) is 0 Å². The highest BCUT2D eigenvalue weighted by molar-refractivity contribution is 5.24. The zero-order valence-electron chi connectivity index (χ0n) is 10.6. The molecule has 3 heteroatoms. The number of hydrogen-bond acceptors (Lipinski definition) is 2. The molecule has 1 unspecified atom stereocenters. The molecule has 0 radical (unpaired) electrons. The number of aromatic amines is 1. The lowest BCUT2D eigenvalue weighted by molar-refractivity contribution is 0.373. The molecule has 0 aliphatic carbocycles. The lowest BCUT2D eigenvalue weighted by Gasteiger charge is -2.24. The summed E-state index contributed by atoms with van der Waals surface area (Å²) in [5.74, 6) is 0.785. The highest BCUT2D eigenvalue weighted by atomic mass is 15.1. The number of piperidine rings is 1. The van der Waals surface area contributed by atoms with Crippen molar-refractivity contribution in [1.82, 2.24) is 15.5 Å². The third kappa shape index (κ3) is 2.64. The minimum atomic E-state index is 0.175. The summed E-state index contributed by atoms with van der Waals surface area (Å²) in [6.45, 7) is 9.07. The van der Waals surface area contributed by atoms with E-state index in [-0.39, 0.29) is 5.41 Å². The fourth-order valence-corrected chi connectivity index (χ4v) is 2.52. The maximum absolute atomic E-state index is 4.21. The second-order valence-corrected chi connectivity index (χ2v) is 5.94. The Bertz CT molecular complexity index is 329. The fourth-order valence-electron chi connectivity index (χ4n) is 2.52. The average molecular weight is 221 g/mol. The van der Waals surface area contributed by atoms with Gasteiger partial charge in [0.05, 0.1) is 6.20 Å². The molecule has 2 heterocycles. The normalized spacial score (nSPS) is 22.3. The van der Waals surface area contributed by atoms with Crippen LogP contribution in [0.4, 0.5) is 0 Å². The first-order chi connectivity index (χ1) is 7.57. The minimum absolute atomic E-state index is 0.175. The van der Waals surface area contributed by atoms with Crippen LogP contribution in [0, 0.1) is 5.92 Å². The first-order valence-electron chi connectivity index (χ1n) is 6.31. The van der Waals surface area contributed by atoms with Gasteiger partial charge in [-0.25, -0.2) is 0 Å². The number of nitrogens with zero attached hydrogens (tertiary/aromatic N) is 1. The van der Waals surface area contributed by atoms with E-state index < -0.39 is 0 Å². The minimum Gasteiger partial charge on any atom is -0.316 e. The van der Waals surface area contributed by atoms with Crippen LogP contribution < -0.4 is 5.32 Å². The molecule has 2 rings (SSSR count). The first-order valence-corrected chi connectivity index (χ1v) is 6.31. The zero-order valence-corrected chi connectivity index (χ0v) is 10.6. The van der Waals surface area contributed by atoms with Crippen molar-refractivity contribution in [1.29, 1.82) is 0 Å². The van der Waals surface area contributed by atoms with E-state index in [0.29, 0.717) is 0 Å². The Morgan fingerprint density at radius 2 is 2.25 bits per heavy atom. The fraction of sp³-hybridized carbons (Fsp3) is 0.769. The molecule has 0 bridgehead atoms. The molecule has 1 saturated heterocycles. The molecular weight excluding hydrogens is 198 g/mol. The van der Waals surface area contributed by atoms with Gasteiger partial charge < -0.3 is 5.32 Å². The van der Waals surface area contributed by atoms with Crippen molar-refractivity contribution in [3.8, 4) is 0 Å². The van der Waals surface area contributed by atoms with Crippen molar-refractivity contribution in [2.45, 2.75) is 45.4 Å². The van der Waals surface area contributed by atoms with Gasteiger partial charge in [-0.2, -0.15) is 5.10 Å². The molecule has 0 aromatic carbocycles. The third-order valence-corrected chi connectivity index (χ3v) is 3.38. The van der Waals surface area contributed by atoms with Gasteiger partial charge in [-0.05, 0) is 43.8 Å². The van der Waals surface area contributed by atoms with Gasteiger partial charge in [0.2, 0.25) is 0 Å². The molecule has 3 nitrogen and oxygen atoms in total. The largest absolute Gasteiger partial charge is 0.316 e. The molecule has 0 spiro atoms. The standard InChI is InChI=1S/C13H23N3/c1-13(2,3)12-11(9-15-16-12)7-10-5-4-6-14-8-10/h9-10,14H,4-8H2,1-3H3,(H,15,16). The monoisotopic (exact) mass is 221 g/mol. The van der Waals surface area contributed by atoms with Crippen molar-refractivity contribution in [2.24, 2.45) is 5.92 Å². The second kappa shape index (κ2) is 4.58. The predicted molar refractivity (Wildman–Crippen MR) is 66.6 cm³/mol. The van der Waals surface area contributed by atoms with Crippen molar-refractivity contribution < 1.29 is 0 Å². The lowest BCUT2D eigenvalue weighted by Crippen LogP contribution is -2.31. The van der Waals surface area contributed by atoms with Crippen molar-refractivity contribution in [3.05, 3.63) is 17.5 Å². The van der Waals surface area contributed by atoms with Gasteiger partial charge in [0, 0.05) is 11.1 Å². The second-order valence-electron chi connectivity index (χ2n) is 5.94. The number of aromatic nitrogens is 2. The first kappa shape index (κ1) is 11.6. The van der Waals surface area contributed by atoms with E-state index in [1.165, 1.54) is 30.6 Å². The quantitative estimate of drug-likeness (QED) is 0.804. The molecular formula is C13H23N3. The van der Waals surface area contributed by atoms with Gasteiger partial charge in [-0.1, -0.05) is 20.8 Å². The Morgan fingerprint density at radius 1 is 1.44 bits per heavy atom. The zero-order chi connectivity index (χ0) is 11.6. The van der Waals surface area contributed by atoms with Crippen molar-refractivity contribution in [2.75, 3.05) is 13.1 Å². The molecule has 1 atom stereocenters. The molecule has 0 saturated carbocycles. The Hall–Kier alpha value is -0.830. The van der Waals surface area contributed by atoms with Crippen LogP contribution in [0.2, 0.25) is 0 Å². The SMILES string of the molecule is CC(C)(C)c1[nH]ncc1CC1CCCNC1. The molecule has 2 N–H and O–H groups in total. The maximum atomic E-state index is 4.21. The smallest absolute Gasteiger partial charge is 0.0522 e. The highest BCUT2D eigenvalue weighted by Crippen LogP contribution is 2.26. The van der Waals surface area contributed by atoms with Gasteiger partial charge in [-0.3, -0.25) is 5.10 Å². The average Bonchev–Trinajstić information content (AvgIpc) is 2.67. The van der Waals surface area contributed by atoms with E-state index in [1.54, 1.807) is 0 Å². The van der Waals surface area contributed by atoms with Crippen LogP contribution >= 0.6 is 0 Å². The number of rotatable bonds is 2. The summed E-state index contributed by atoms with van der Waals surface area (Å²) in [7, 11) is 0. The van der Waals surface area contributed by atoms with Crippen LogP contribution in [0.1, 0.15) is 44.9 Å². The molecule has 1 aromatic rings. The van der Waals surface area contributed by atoms with Gasteiger partial charge in [0.15, 0.2) is 0 Å². The Labute approximate surface area is 98.0 Å². The summed E-state index contributed by atoms with van der Waals surface area (Å²) in [6.07, 6.45) is 5.83. The predicted octanol–water partition coefficient (Wildman–Crippen LogP) is 2.25. The summed E-state index contributed by atoms with van der Waals surface area (Å²) in [4.78, 5) is 0. The molecule has 16 heavy (non-hydrogen) atoms. The van der Waals surface area contributed by atoms with Gasteiger partial charge in [-0.15, -0.1) is 0 Å². The summed E-state index contributed by atoms with van der Waals surface area (Å²) >= 11 is 0. The lowest BCUT2D eigenvalue weighted by atomic mass is 9.85. The molecule has 0 amide bonds. The van der Waals surface area contributed by atoms with Crippen LogP contribution in [0.5, 0.6) is 0 Å². The van der Waals surface area contributed by atoms with Crippen LogP contribution in [-0.2, 0) is 11.8 Å². The Kier molecular flexibility index (Phi) is 3.33. The van der Waals surface area contributed by atoms with E-state index >= 15 is 0 Å². The van der Waals surface area contributed by atoms with E-state index in [0.717, 1.165) is 18.9 Å². The maximum Gasteiger partial charge on any atom is 0.0522 e. The third-order valence-electron chi connectivity index (χ3n) is 3.38. The van der Waals surface area contributed by atoms with E-state index in [9.17, 15) is 0 Å². The molecule has 1 aliphatic rings. The van der Waals surface area contributed by atoms with Gasteiger partial charge in [0.1, 0.15) is 0 Å². The van der Waals surface area contributed by atoms with Crippen molar-refractivity contribution >= 4 is 0 Å². The molecule has 1 aromatic heterocycles. The highest BCUT2D eigenvalue weighted by Gasteiger charge is 2.22. The van der Waals surface area contributed by atoms with Crippen LogP contribution in [-0.4, -0.2) is 23.3 Å². The van der Waals surface area contributed by atoms with Crippen molar-refractivity contribution in [3.63, 3.8) is 0 Å². The Balaban J connectivity index is 2.06. The number of H-pyrrole nitrogens is 1. The number of nitrogens with one attached hydrogen (secondary N) is 2. The van der Waals surface area contributed by atoms with E-state index in [4.69, 9.17) is 0 Å². The van der Waals surface area contributed by atoms with Gasteiger partial charge in [0.25, 0.3) is 0 Å². The Morgan fingerprint density at radius 3 is 2.88 bits per heavy atom. The van der Waals surface area contributed by atoms with Crippen LogP contribution in [0.15, 0.2) is 6.20 Å². The van der Waals surface area contributed by atoms with Gasteiger partial charge >= 0.3 is 0 Å². The summed E-state index contributed by atoms with van der Waals surface area (Å²) in [5.41, 5.74) is 2.88. The molecule has 90 valence electrons. The van der Waals surface area contributed by atoms with E-state index in [1.807, 2.05) is 6.20 Å². The molecule has 1 aliphatic heterocycles. The summed E-state index contributed by atoms with van der Waals surface area (Å²) in [5, 5.41) is 10.8. The summed E-state index contributed by atoms with van der Waals surface area (Å²) < 4.78 is 0. The molecule has 1 fully saturated rings. The number of hydrogen-bond donors (Lipinski definition) is 2. The topological polar surface area (TPSA) is 40.7 Å². The van der Waals surface area contributed by atoms with Crippen LogP contribution in [0.3, 0.4) is 0 Å².